The molecule has 2 aromatic carbocycles. The number of benzene rings is 2. The first-order chi connectivity index (χ1) is 10.9. The molecular formula is C16H9Cl2NO4. The molecule has 0 saturated carbocycles. The van der Waals surface area contributed by atoms with Gasteiger partial charge in [0.05, 0.1) is 10.3 Å². The molecule has 0 spiro atoms. The number of nitro groups is 1. The van der Waals surface area contributed by atoms with Crippen LogP contribution in [0.15, 0.2) is 48.5 Å². The summed E-state index contributed by atoms with van der Waals surface area (Å²) in [5, 5.41) is 9.55. The predicted molar refractivity (Wildman–Crippen MR) is 85.4 cm³/mol. The largest absolute Gasteiger partial charge is 0.292 e. The van der Waals surface area contributed by atoms with Crippen molar-refractivity contribution in [3.05, 3.63) is 75.3 Å². The molecule has 1 atom stereocenters. The molecule has 0 aliphatic heterocycles. The molecule has 5 nitrogen and oxygen atoms in total. The first-order valence-corrected chi connectivity index (χ1v) is 7.44. The lowest BCUT2D eigenvalue weighted by atomic mass is 9.93. The summed E-state index contributed by atoms with van der Waals surface area (Å²) >= 11 is 12.7. The van der Waals surface area contributed by atoms with E-state index in [1.165, 1.54) is 36.4 Å². The SMILES string of the molecule is O=C1c2ccccc2C(=O)C1(Cl)[C@@H](Cl)c1ccc([N+](=O)[O-])cc1. The van der Waals surface area contributed by atoms with Crippen LogP contribution in [0.2, 0.25) is 0 Å². The third-order valence-corrected chi connectivity index (χ3v) is 5.08. The molecule has 0 bridgehead atoms. The number of nitro benzene ring substituents is 1. The number of carbonyl (C=O) groups is 2. The summed E-state index contributed by atoms with van der Waals surface area (Å²) in [5.41, 5.74) is 0.718. The quantitative estimate of drug-likeness (QED) is 0.364. The number of carbonyl (C=O) groups excluding carboxylic acids is 2. The van der Waals surface area contributed by atoms with Crippen molar-refractivity contribution in [3.63, 3.8) is 0 Å². The zero-order valence-electron chi connectivity index (χ0n) is 11.5. The van der Waals surface area contributed by atoms with Crippen molar-refractivity contribution in [2.24, 2.45) is 0 Å². The molecule has 0 heterocycles. The second kappa shape index (κ2) is 5.44. The fourth-order valence-electron chi connectivity index (χ4n) is 2.60. The van der Waals surface area contributed by atoms with Gasteiger partial charge >= 0.3 is 0 Å². The lowest BCUT2D eigenvalue weighted by Gasteiger charge is -2.24. The van der Waals surface area contributed by atoms with Gasteiger partial charge in [-0.1, -0.05) is 48.0 Å². The van der Waals surface area contributed by atoms with E-state index >= 15 is 0 Å². The van der Waals surface area contributed by atoms with Crippen LogP contribution in [0.4, 0.5) is 5.69 Å². The van der Waals surface area contributed by atoms with Crippen molar-refractivity contribution in [1.82, 2.24) is 0 Å². The topological polar surface area (TPSA) is 77.3 Å². The Labute approximate surface area is 141 Å². The van der Waals surface area contributed by atoms with Crippen LogP contribution in [0.1, 0.15) is 31.7 Å². The summed E-state index contributed by atoms with van der Waals surface area (Å²) in [7, 11) is 0. The van der Waals surface area contributed by atoms with Gasteiger partial charge in [-0.3, -0.25) is 19.7 Å². The Kier molecular flexibility index (Phi) is 3.70. The lowest BCUT2D eigenvalue weighted by Crippen LogP contribution is -2.39. The van der Waals surface area contributed by atoms with E-state index in [2.05, 4.69) is 0 Å². The van der Waals surface area contributed by atoms with Crippen LogP contribution in [-0.4, -0.2) is 21.4 Å². The van der Waals surface area contributed by atoms with Crippen molar-refractivity contribution in [2.75, 3.05) is 0 Å². The summed E-state index contributed by atoms with van der Waals surface area (Å²) < 4.78 is 0. The summed E-state index contributed by atoms with van der Waals surface area (Å²) in [6, 6.07) is 11.6. The molecule has 1 aliphatic carbocycles. The number of Topliss-reactive ketones (excluding diaryl/α,β-unsaturated/α-hetero) is 2. The Balaban J connectivity index is 2.02. The summed E-state index contributed by atoms with van der Waals surface area (Å²) in [6.07, 6.45) is 0. The van der Waals surface area contributed by atoms with Crippen LogP contribution >= 0.6 is 23.2 Å². The first-order valence-electron chi connectivity index (χ1n) is 6.63. The number of alkyl halides is 2. The van der Waals surface area contributed by atoms with E-state index in [4.69, 9.17) is 23.2 Å². The lowest BCUT2D eigenvalue weighted by molar-refractivity contribution is -0.384. The van der Waals surface area contributed by atoms with E-state index in [1.54, 1.807) is 12.1 Å². The standard InChI is InChI=1S/C16H9Cl2NO4/c17-13(9-5-7-10(8-6-9)19(22)23)16(18)14(20)11-3-1-2-4-12(11)15(16)21/h1-8,13H/t13-/m0/s1. The Hall–Kier alpha value is -2.24. The Morgan fingerprint density at radius 3 is 1.87 bits per heavy atom. The fraction of sp³-hybridized carbons (Fsp3) is 0.125. The van der Waals surface area contributed by atoms with Gasteiger partial charge in [-0.25, -0.2) is 0 Å². The molecule has 0 N–H and O–H groups in total. The third kappa shape index (κ3) is 2.24. The van der Waals surface area contributed by atoms with Crippen molar-refractivity contribution < 1.29 is 14.5 Å². The average Bonchev–Trinajstić information content (AvgIpc) is 2.77. The van der Waals surface area contributed by atoms with E-state index in [0.29, 0.717) is 5.56 Å². The van der Waals surface area contributed by atoms with Gasteiger partial charge < -0.3 is 0 Å². The van der Waals surface area contributed by atoms with Gasteiger partial charge in [0.15, 0.2) is 16.4 Å². The second-order valence-electron chi connectivity index (χ2n) is 5.13. The van der Waals surface area contributed by atoms with Gasteiger partial charge in [0, 0.05) is 23.3 Å². The maximum atomic E-state index is 12.6. The number of rotatable bonds is 3. The molecule has 23 heavy (non-hydrogen) atoms. The van der Waals surface area contributed by atoms with Crippen LogP contribution in [0.3, 0.4) is 0 Å². The Morgan fingerprint density at radius 2 is 1.43 bits per heavy atom. The second-order valence-corrected chi connectivity index (χ2v) is 6.16. The molecule has 0 aromatic heterocycles. The number of hydrogen-bond donors (Lipinski definition) is 0. The highest BCUT2D eigenvalue weighted by Crippen LogP contribution is 2.47. The number of ketones is 2. The smallest absolute Gasteiger partial charge is 0.269 e. The molecule has 116 valence electrons. The molecule has 0 amide bonds. The molecule has 0 unspecified atom stereocenters. The predicted octanol–water partition coefficient (Wildman–Crippen LogP) is 3.93. The van der Waals surface area contributed by atoms with Gasteiger partial charge in [0.2, 0.25) is 0 Å². The monoisotopic (exact) mass is 349 g/mol. The molecular weight excluding hydrogens is 341 g/mol. The highest BCUT2D eigenvalue weighted by atomic mass is 35.5. The van der Waals surface area contributed by atoms with E-state index < -0.39 is 26.7 Å². The Morgan fingerprint density at radius 1 is 0.957 bits per heavy atom. The van der Waals surface area contributed by atoms with Gasteiger partial charge in [-0.05, 0) is 5.56 Å². The van der Waals surface area contributed by atoms with Crippen LogP contribution in [0.5, 0.6) is 0 Å². The third-order valence-electron chi connectivity index (χ3n) is 3.82. The van der Waals surface area contributed by atoms with Gasteiger partial charge in [-0.15, -0.1) is 11.6 Å². The zero-order chi connectivity index (χ0) is 16.8. The minimum absolute atomic E-state index is 0.117. The molecule has 3 rings (SSSR count). The number of non-ortho nitro benzene ring substituents is 1. The number of fused-ring (bicyclic) bond motifs is 1. The molecule has 0 saturated heterocycles. The maximum absolute atomic E-state index is 12.6. The molecule has 1 aliphatic rings. The number of halogens is 2. The summed E-state index contributed by atoms with van der Waals surface area (Å²) in [5.74, 6) is -1.11. The minimum Gasteiger partial charge on any atom is -0.292 e. The van der Waals surface area contributed by atoms with E-state index in [1.807, 2.05) is 0 Å². The van der Waals surface area contributed by atoms with Crippen LogP contribution < -0.4 is 0 Å². The zero-order valence-corrected chi connectivity index (χ0v) is 13.0. The van der Waals surface area contributed by atoms with Gasteiger partial charge in [0.1, 0.15) is 0 Å². The van der Waals surface area contributed by atoms with Gasteiger partial charge in [0.25, 0.3) is 5.69 Å². The van der Waals surface area contributed by atoms with Crippen LogP contribution in [0.25, 0.3) is 0 Å². The molecule has 0 fully saturated rings. The van der Waals surface area contributed by atoms with Crippen LogP contribution in [-0.2, 0) is 0 Å². The minimum atomic E-state index is -1.94. The van der Waals surface area contributed by atoms with E-state index in [9.17, 15) is 19.7 Å². The number of nitrogens with zero attached hydrogens (tertiary/aromatic N) is 1. The first kappa shape index (κ1) is 15.6. The van der Waals surface area contributed by atoms with Crippen molar-refractivity contribution in [2.45, 2.75) is 10.3 Å². The average molecular weight is 350 g/mol. The molecule has 7 heteroatoms. The summed E-state index contributed by atoms with van der Waals surface area (Å²) in [6.45, 7) is 0. The van der Waals surface area contributed by atoms with E-state index in [-0.39, 0.29) is 16.8 Å². The highest BCUT2D eigenvalue weighted by molar-refractivity contribution is 6.58. The highest BCUT2D eigenvalue weighted by Gasteiger charge is 2.56. The van der Waals surface area contributed by atoms with Crippen molar-refractivity contribution in [3.8, 4) is 0 Å². The molecule has 2 aromatic rings. The Bertz CT molecular complexity index is 797. The maximum Gasteiger partial charge on any atom is 0.269 e. The summed E-state index contributed by atoms with van der Waals surface area (Å²) in [4.78, 5) is 33.3. The normalized spacial score (nSPS) is 17.0. The van der Waals surface area contributed by atoms with Crippen LogP contribution in [0, 0.1) is 10.1 Å². The number of hydrogen-bond acceptors (Lipinski definition) is 4. The van der Waals surface area contributed by atoms with E-state index in [0.717, 1.165) is 0 Å². The van der Waals surface area contributed by atoms with Crippen molar-refractivity contribution >= 4 is 40.5 Å². The molecule has 0 radical (unpaired) electrons. The van der Waals surface area contributed by atoms with Gasteiger partial charge in [-0.2, -0.15) is 0 Å². The van der Waals surface area contributed by atoms with Crippen molar-refractivity contribution in [1.29, 1.82) is 0 Å². The fourth-order valence-corrected chi connectivity index (χ4v) is 3.27.